The molecule has 0 aromatic heterocycles. The smallest absolute Gasteiger partial charge is 0.340 e. The predicted molar refractivity (Wildman–Crippen MR) is 99.7 cm³/mol. The molecule has 0 aliphatic carbocycles. The molecule has 10 heteroatoms. The molecule has 4 rings (SSSR count). The molecule has 2 aromatic carbocycles. The highest BCUT2D eigenvalue weighted by Crippen LogP contribution is 2.35. The van der Waals surface area contributed by atoms with Crippen LogP contribution in [-0.2, 0) is 22.7 Å². The lowest BCUT2D eigenvalue weighted by molar-refractivity contribution is 0.0526. The van der Waals surface area contributed by atoms with Crippen LogP contribution in [0, 0.1) is 0 Å². The number of azide groups is 1. The molecule has 2 N–H and O–H groups in total. The summed E-state index contributed by atoms with van der Waals surface area (Å²) in [6.07, 6.45) is 0. The highest BCUT2D eigenvalue weighted by Gasteiger charge is 2.25. The molecule has 0 bridgehead atoms. The minimum Gasteiger partial charge on any atom is -0.457 e. The van der Waals surface area contributed by atoms with Gasteiger partial charge in [-0.3, -0.25) is 0 Å². The fraction of sp³-hybridized carbons (Fsp3) is 0.125. The van der Waals surface area contributed by atoms with E-state index >= 15 is 0 Å². The minimum absolute atomic E-state index is 0.281. The van der Waals surface area contributed by atoms with E-state index in [2.05, 4.69) is 41.9 Å². The molecular formula is C16H10Br2N4O4. The lowest BCUT2D eigenvalue weighted by Crippen LogP contribution is -1.96. The van der Waals surface area contributed by atoms with Gasteiger partial charge in [0.25, 0.3) is 0 Å². The second-order valence-corrected chi connectivity index (χ2v) is 6.95. The van der Waals surface area contributed by atoms with Crippen molar-refractivity contribution in [2.75, 3.05) is 5.73 Å². The number of carbonyl (C=O) groups is 2. The summed E-state index contributed by atoms with van der Waals surface area (Å²) in [7, 11) is 0. The third-order valence-corrected chi connectivity index (χ3v) is 5.21. The van der Waals surface area contributed by atoms with E-state index in [4.69, 9.17) is 20.7 Å². The van der Waals surface area contributed by atoms with Gasteiger partial charge in [0, 0.05) is 30.7 Å². The van der Waals surface area contributed by atoms with Crippen molar-refractivity contribution in [3.8, 4) is 0 Å². The van der Waals surface area contributed by atoms with Gasteiger partial charge in [0.15, 0.2) is 0 Å². The van der Waals surface area contributed by atoms with Crippen molar-refractivity contribution in [1.29, 1.82) is 0 Å². The van der Waals surface area contributed by atoms with E-state index in [1.54, 1.807) is 18.2 Å². The Labute approximate surface area is 164 Å². The number of rotatable bonds is 1. The average molecular weight is 482 g/mol. The van der Waals surface area contributed by atoms with Gasteiger partial charge < -0.3 is 15.2 Å². The number of hydrogen-bond donors (Lipinski definition) is 1. The maximum absolute atomic E-state index is 11.3. The van der Waals surface area contributed by atoms with Gasteiger partial charge in [-0.2, -0.15) is 0 Å². The normalized spacial score (nSPS) is 13.6. The number of benzene rings is 2. The zero-order chi connectivity index (χ0) is 18.8. The van der Waals surface area contributed by atoms with Gasteiger partial charge in [-0.1, -0.05) is 17.2 Å². The summed E-state index contributed by atoms with van der Waals surface area (Å²) in [5, 5.41) is 3.44. The Balaban J connectivity index is 0.000000152. The Morgan fingerprint density at radius 1 is 1.08 bits per heavy atom. The SMILES string of the molecule is Nc1cc2c(cc1Br)COC2=O.[N-]=[N+]=Nc1ccc2c(c1Br)C(=O)OC2. The molecule has 0 unspecified atom stereocenters. The Bertz CT molecular complexity index is 987. The van der Waals surface area contributed by atoms with Crippen molar-refractivity contribution < 1.29 is 19.1 Å². The van der Waals surface area contributed by atoms with E-state index in [0.29, 0.717) is 33.6 Å². The first-order chi connectivity index (χ1) is 12.4. The second-order valence-electron chi connectivity index (χ2n) is 5.31. The van der Waals surface area contributed by atoms with E-state index in [9.17, 15) is 9.59 Å². The Morgan fingerprint density at radius 2 is 1.77 bits per heavy atom. The standard InChI is InChI=1S/C8H4BrN3O2.C8H6BrNO2/c9-7-5(11-12-10)2-1-4-3-14-8(13)6(4)7;9-6-1-4-3-12-8(11)5(4)2-7(6)10/h1-2H,3H2;1-2H,3,10H2. The van der Waals surface area contributed by atoms with Crippen molar-refractivity contribution in [1.82, 2.24) is 0 Å². The van der Waals surface area contributed by atoms with Crippen LogP contribution in [0.1, 0.15) is 31.8 Å². The second kappa shape index (κ2) is 7.36. The molecule has 8 nitrogen and oxygen atoms in total. The zero-order valence-electron chi connectivity index (χ0n) is 13.0. The van der Waals surface area contributed by atoms with Crippen molar-refractivity contribution in [3.05, 3.63) is 65.9 Å². The summed E-state index contributed by atoms with van der Waals surface area (Å²) in [6.45, 7) is 0.635. The van der Waals surface area contributed by atoms with Crippen molar-refractivity contribution in [2.24, 2.45) is 5.11 Å². The molecule has 0 saturated heterocycles. The molecule has 26 heavy (non-hydrogen) atoms. The monoisotopic (exact) mass is 480 g/mol. The van der Waals surface area contributed by atoms with E-state index in [1.807, 2.05) is 6.07 Å². The Hall–Kier alpha value is -2.55. The van der Waals surface area contributed by atoms with Crippen LogP contribution >= 0.6 is 31.9 Å². The number of nitrogens with two attached hydrogens (primary N) is 1. The summed E-state index contributed by atoms with van der Waals surface area (Å²) >= 11 is 6.48. The number of nitrogens with zero attached hydrogens (tertiary/aromatic N) is 3. The lowest BCUT2D eigenvalue weighted by atomic mass is 10.1. The summed E-state index contributed by atoms with van der Waals surface area (Å²) in [6, 6.07) is 6.81. The lowest BCUT2D eigenvalue weighted by Gasteiger charge is -2.00. The van der Waals surface area contributed by atoms with Crippen LogP contribution in [-0.4, -0.2) is 11.9 Å². The first kappa shape index (κ1) is 18.2. The van der Waals surface area contributed by atoms with Crippen molar-refractivity contribution >= 4 is 55.2 Å². The summed E-state index contributed by atoms with van der Waals surface area (Å²) < 4.78 is 11.0. The molecule has 0 saturated carbocycles. The highest BCUT2D eigenvalue weighted by atomic mass is 79.9. The number of hydrogen-bond acceptors (Lipinski definition) is 6. The summed E-state index contributed by atoms with van der Waals surface area (Å²) in [4.78, 5) is 25.0. The largest absolute Gasteiger partial charge is 0.457 e. The third-order valence-electron chi connectivity index (χ3n) is 3.72. The van der Waals surface area contributed by atoms with Crippen LogP contribution in [0.3, 0.4) is 0 Å². The molecule has 0 radical (unpaired) electrons. The van der Waals surface area contributed by atoms with Gasteiger partial charge in [-0.25, -0.2) is 9.59 Å². The molecule has 0 spiro atoms. The fourth-order valence-corrected chi connectivity index (χ4v) is 3.47. The number of cyclic esters (lactones) is 2. The number of fused-ring (bicyclic) bond motifs is 2. The van der Waals surface area contributed by atoms with Gasteiger partial charge in [0.2, 0.25) is 0 Å². The third kappa shape index (κ3) is 3.39. The Morgan fingerprint density at radius 3 is 2.50 bits per heavy atom. The van der Waals surface area contributed by atoms with Crippen LogP contribution in [0.5, 0.6) is 0 Å². The van der Waals surface area contributed by atoms with Crippen LogP contribution in [0.4, 0.5) is 11.4 Å². The van der Waals surface area contributed by atoms with Gasteiger partial charge in [0.1, 0.15) is 13.2 Å². The predicted octanol–water partition coefficient (Wildman–Crippen LogP) is 4.76. The van der Waals surface area contributed by atoms with Crippen molar-refractivity contribution in [2.45, 2.75) is 13.2 Å². The van der Waals surface area contributed by atoms with E-state index in [-0.39, 0.29) is 18.5 Å². The molecule has 0 amide bonds. The Kier molecular flexibility index (Phi) is 5.17. The quantitative estimate of drug-likeness (QED) is 0.206. The van der Waals surface area contributed by atoms with Crippen LogP contribution < -0.4 is 5.73 Å². The van der Waals surface area contributed by atoms with Gasteiger partial charge in [0.05, 0.1) is 16.8 Å². The molecule has 2 aliphatic heterocycles. The highest BCUT2D eigenvalue weighted by molar-refractivity contribution is 9.11. The first-order valence-electron chi connectivity index (χ1n) is 7.21. The number of anilines is 1. The van der Waals surface area contributed by atoms with Crippen LogP contribution in [0.15, 0.2) is 38.3 Å². The topological polar surface area (TPSA) is 127 Å². The molecule has 2 aromatic rings. The summed E-state index contributed by atoms with van der Waals surface area (Å²) in [5.74, 6) is -0.675. The number of carbonyl (C=O) groups excluding carboxylic acids is 2. The number of nitrogen functional groups attached to an aromatic ring is 1. The maximum Gasteiger partial charge on any atom is 0.340 e. The molecule has 0 fully saturated rings. The van der Waals surface area contributed by atoms with Crippen LogP contribution in [0.25, 0.3) is 10.4 Å². The fourth-order valence-electron chi connectivity index (χ4n) is 2.45. The van der Waals surface area contributed by atoms with E-state index in [1.165, 1.54) is 0 Å². The maximum atomic E-state index is 11.3. The number of esters is 2. The van der Waals surface area contributed by atoms with Gasteiger partial charge in [-0.05, 0) is 49.5 Å². The van der Waals surface area contributed by atoms with E-state index < -0.39 is 0 Å². The number of ether oxygens (including phenoxy) is 2. The first-order valence-corrected chi connectivity index (χ1v) is 8.79. The zero-order valence-corrected chi connectivity index (χ0v) is 16.2. The summed E-state index contributed by atoms with van der Waals surface area (Å²) in [5.41, 5.74) is 17.6. The van der Waals surface area contributed by atoms with Crippen LogP contribution in [0.2, 0.25) is 0 Å². The van der Waals surface area contributed by atoms with Gasteiger partial charge >= 0.3 is 11.9 Å². The van der Waals surface area contributed by atoms with Crippen molar-refractivity contribution in [3.63, 3.8) is 0 Å². The average Bonchev–Trinajstić information content (AvgIpc) is 3.16. The molecule has 132 valence electrons. The van der Waals surface area contributed by atoms with Gasteiger partial charge in [-0.15, -0.1) is 0 Å². The number of halogens is 2. The molecule has 2 aliphatic rings. The molecule has 0 atom stereocenters. The molecular weight excluding hydrogens is 472 g/mol. The van der Waals surface area contributed by atoms with E-state index in [0.717, 1.165) is 15.6 Å². The molecule has 2 heterocycles. The minimum atomic E-state index is -0.387.